The fraction of sp³-hybridized carbons (Fsp3) is 0.323. The molecule has 11 heteroatoms. The molecule has 0 saturated carbocycles. The van der Waals surface area contributed by atoms with Gasteiger partial charge in [-0.15, -0.1) is 11.3 Å². The lowest BCUT2D eigenvalue weighted by atomic mass is 10.0. The number of anilines is 2. The topological polar surface area (TPSA) is 119 Å². The van der Waals surface area contributed by atoms with Gasteiger partial charge in [-0.2, -0.15) is 4.98 Å². The van der Waals surface area contributed by atoms with E-state index in [-0.39, 0.29) is 11.9 Å². The summed E-state index contributed by atoms with van der Waals surface area (Å²) in [5.41, 5.74) is 2.84. The summed E-state index contributed by atoms with van der Waals surface area (Å²) in [5.74, 6) is 0.466. The van der Waals surface area contributed by atoms with E-state index in [1.165, 1.54) is 4.90 Å². The molecule has 10 nitrogen and oxygen atoms in total. The standard InChI is InChI=1S/C31H32N6O4S/c1-2-23-19-24-26(32-30(34-28(24)42-23)33-27(38)25-9-6-14-37(25)31(40)41)35-15-17-36(18-16-35)29(39)22-12-10-21(11-13-22)20-7-4-3-5-8-20/h3-5,7-8,10-13,19,25H,2,6,9,14-18H2,1H3,(H,40,41)(H,32,33,34,38)/t25-/m0/s1. The number of rotatable bonds is 6. The molecule has 0 unspecified atom stereocenters. The highest BCUT2D eigenvalue weighted by molar-refractivity contribution is 7.18. The number of nitrogens with one attached hydrogen (secondary N) is 1. The molecule has 2 aliphatic rings. The van der Waals surface area contributed by atoms with Gasteiger partial charge in [0.15, 0.2) is 0 Å². The predicted octanol–water partition coefficient (Wildman–Crippen LogP) is 4.96. The molecule has 6 rings (SSSR count). The molecule has 42 heavy (non-hydrogen) atoms. The molecule has 0 bridgehead atoms. The Morgan fingerprint density at radius 1 is 0.952 bits per heavy atom. The minimum atomic E-state index is -1.10. The number of aryl methyl sites for hydroxylation is 1. The van der Waals surface area contributed by atoms with E-state index < -0.39 is 18.0 Å². The van der Waals surface area contributed by atoms with E-state index in [0.29, 0.717) is 56.9 Å². The van der Waals surface area contributed by atoms with Crippen LogP contribution in [0.4, 0.5) is 16.6 Å². The predicted molar refractivity (Wildman–Crippen MR) is 163 cm³/mol. The lowest BCUT2D eigenvalue weighted by Crippen LogP contribution is -2.49. The van der Waals surface area contributed by atoms with Crippen LogP contribution in [0.1, 0.15) is 35.0 Å². The van der Waals surface area contributed by atoms with Gasteiger partial charge in [-0.05, 0) is 48.6 Å². The molecule has 1 atom stereocenters. The first-order chi connectivity index (χ1) is 20.4. The van der Waals surface area contributed by atoms with E-state index in [2.05, 4.69) is 28.2 Å². The fourth-order valence-corrected chi connectivity index (χ4v) is 6.59. The van der Waals surface area contributed by atoms with Crippen LogP contribution < -0.4 is 10.2 Å². The quantitative estimate of drug-likeness (QED) is 0.329. The van der Waals surface area contributed by atoms with Crippen LogP contribution in [0.2, 0.25) is 0 Å². The van der Waals surface area contributed by atoms with Crippen molar-refractivity contribution in [2.45, 2.75) is 32.2 Å². The van der Waals surface area contributed by atoms with Crippen molar-refractivity contribution >= 4 is 51.2 Å². The van der Waals surface area contributed by atoms with Gasteiger partial charge in [0.05, 0.1) is 5.39 Å². The van der Waals surface area contributed by atoms with Gasteiger partial charge >= 0.3 is 6.09 Å². The molecule has 2 aromatic heterocycles. The first-order valence-electron chi connectivity index (χ1n) is 14.2. The number of carbonyl (C=O) groups excluding carboxylic acids is 2. The Hall–Kier alpha value is -4.51. The maximum Gasteiger partial charge on any atom is 0.407 e. The van der Waals surface area contributed by atoms with Crippen LogP contribution in [-0.2, 0) is 11.2 Å². The second-order valence-corrected chi connectivity index (χ2v) is 11.6. The second kappa shape index (κ2) is 11.8. The summed E-state index contributed by atoms with van der Waals surface area (Å²) in [7, 11) is 0. The zero-order valence-electron chi connectivity index (χ0n) is 23.3. The summed E-state index contributed by atoms with van der Waals surface area (Å²) < 4.78 is 0. The highest BCUT2D eigenvalue weighted by atomic mass is 32.1. The average Bonchev–Trinajstić information content (AvgIpc) is 3.69. The third kappa shape index (κ3) is 5.52. The molecule has 2 aliphatic heterocycles. The number of piperazine rings is 1. The lowest BCUT2D eigenvalue weighted by molar-refractivity contribution is -0.119. The van der Waals surface area contributed by atoms with Crippen molar-refractivity contribution in [2.75, 3.05) is 42.9 Å². The van der Waals surface area contributed by atoms with Crippen molar-refractivity contribution in [3.8, 4) is 11.1 Å². The van der Waals surface area contributed by atoms with Crippen molar-refractivity contribution in [2.24, 2.45) is 0 Å². The summed E-state index contributed by atoms with van der Waals surface area (Å²) in [6.45, 7) is 4.65. The van der Waals surface area contributed by atoms with E-state index in [0.717, 1.165) is 32.6 Å². The number of hydrogen-bond acceptors (Lipinski definition) is 7. The maximum absolute atomic E-state index is 13.3. The zero-order chi connectivity index (χ0) is 29.2. The van der Waals surface area contributed by atoms with Gasteiger partial charge in [0.25, 0.3) is 5.91 Å². The third-order valence-corrected chi connectivity index (χ3v) is 9.09. The Balaban J connectivity index is 1.17. The van der Waals surface area contributed by atoms with Crippen LogP contribution in [-0.4, -0.2) is 81.5 Å². The molecule has 2 aromatic carbocycles. The molecular formula is C31H32N6O4S. The molecule has 216 valence electrons. The molecule has 4 heterocycles. The number of carboxylic acid groups (broad SMARTS) is 1. The Bertz CT molecular complexity index is 1620. The molecule has 0 radical (unpaired) electrons. The minimum Gasteiger partial charge on any atom is -0.465 e. The molecule has 2 fully saturated rings. The van der Waals surface area contributed by atoms with Crippen molar-refractivity contribution in [3.63, 3.8) is 0 Å². The van der Waals surface area contributed by atoms with Crippen molar-refractivity contribution in [1.29, 1.82) is 0 Å². The SMILES string of the molecule is CCc1cc2c(N3CCN(C(=O)c4ccc(-c5ccccc5)cc4)CC3)nc(NC(=O)[C@@H]3CCCN3C(=O)O)nc2s1. The highest BCUT2D eigenvalue weighted by Crippen LogP contribution is 2.33. The van der Waals surface area contributed by atoms with Crippen LogP contribution in [0, 0.1) is 0 Å². The molecule has 0 aliphatic carbocycles. The van der Waals surface area contributed by atoms with Crippen molar-refractivity contribution in [3.05, 3.63) is 71.1 Å². The molecule has 4 aromatic rings. The maximum atomic E-state index is 13.3. The van der Waals surface area contributed by atoms with Crippen molar-refractivity contribution < 1.29 is 19.5 Å². The van der Waals surface area contributed by atoms with Crippen LogP contribution in [0.5, 0.6) is 0 Å². The fourth-order valence-electron chi connectivity index (χ4n) is 5.63. The van der Waals surface area contributed by atoms with E-state index in [4.69, 9.17) is 4.98 Å². The average molecular weight is 585 g/mol. The molecular weight excluding hydrogens is 552 g/mol. The van der Waals surface area contributed by atoms with Gasteiger partial charge in [0.2, 0.25) is 11.9 Å². The van der Waals surface area contributed by atoms with E-state index in [9.17, 15) is 19.5 Å². The normalized spacial score (nSPS) is 17.1. The number of carbonyl (C=O) groups is 3. The second-order valence-electron chi connectivity index (χ2n) is 10.5. The summed E-state index contributed by atoms with van der Waals surface area (Å²) in [5, 5.41) is 13.2. The van der Waals surface area contributed by atoms with Gasteiger partial charge in [0, 0.05) is 43.2 Å². The van der Waals surface area contributed by atoms with Crippen molar-refractivity contribution in [1.82, 2.24) is 19.8 Å². The smallest absolute Gasteiger partial charge is 0.407 e. The number of likely N-dealkylation sites (tertiary alicyclic amines) is 1. The largest absolute Gasteiger partial charge is 0.465 e. The number of fused-ring (bicyclic) bond motifs is 1. The number of hydrogen-bond donors (Lipinski definition) is 2. The number of benzene rings is 2. The lowest BCUT2D eigenvalue weighted by Gasteiger charge is -2.35. The monoisotopic (exact) mass is 584 g/mol. The Morgan fingerprint density at radius 3 is 2.36 bits per heavy atom. The van der Waals surface area contributed by atoms with Crippen LogP contribution in [0.15, 0.2) is 60.7 Å². The van der Waals surface area contributed by atoms with Crippen LogP contribution in [0.3, 0.4) is 0 Å². The first kappa shape index (κ1) is 27.6. The van der Waals surface area contributed by atoms with Gasteiger partial charge in [0.1, 0.15) is 16.7 Å². The third-order valence-electron chi connectivity index (χ3n) is 7.91. The molecule has 0 spiro atoms. The molecule has 2 saturated heterocycles. The number of thiophene rings is 1. The van der Waals surface area contributed by atoms with E-state index in [1.54, 1.807) is 11.3 Å². The Kier molecular flexibility index (Phi) is 7.75. The summed E-state index contributed by atoms with van der Waals surface area (Å²) >= 11 is 1.56. The number of aromatic nitrogens is 2. The first-order valence-corrected chi connectivity index (χ1v) is 15.0. The Morgan fingerprint density at radius 2 is 1.67 bits per heavy atom. The van der Waals surface area contributed by atoms with Crippen LogP contribution >= 0.6 is 11.3 Å². The van der Waals surface area contributed by atoms with Gasteiger partial charge in [-0.25, -0.2) is 9.78 Å². The van der Waals surface area contributed by atoms with E-state index >= 15 is 0 Å². The summed E-state index contributed by atoms with van der Waals surface area (Å²) in [4.78, 5) is 54.3. The van der Waals surface area contributed by atoms with Gasteiger partial charge in [-0.1, -0.05) is 49.4 Å². The van der Waals surface area contributed by atoms with Gasteiger partial charge < -0.3 is 14.9 Å². The highest BCUT2D eigenvalue weighted by Gasteiger charge is 2.35. The molecule has 2 N–H and O–H groups in total. The Labute approximate surface area is 247 Å². The number of amides is 3. The van der Waals surface area contributed by atoms with Crippen LogP contribution in [0.25, 0.3) is 21.3 Å². The summed E-state index contributed by atoms with van der Waals surface area (Å²) in [6.07, 6.45) is 0.857. The van der Waals surface area contributed by atoms with E-state index in [1.807, 2.05) is 59.5 Å². The summed E-state index contributed by atoms with van der Waals surface area (Å²) in [6, 6.07) is 19.1. The molecule has 3 amide bonds. The number of nitrogens with zero attached hydrogens (tertiary/aromatic N) is 5. The zero-order valence-corrected chi connectivity index (χ0v) is 24.1. The minimum absolute atomic E-state index is 0.00148. The van der Waals surface area contributed by atoms with Gasteiger partial charge in [-0.3, -0.25) is 19.8 Å².